The number of thiol groups is 1. The van der Waals surface area contributed by atoms with E-state index >= 15 is 0 Å². The molecule has 0 radical (unpaired) electrons. The lowest BCUT2D eigenvalue weighted by molar-refractivity contribution is -0.141. The van der Waals surface area contributed by atoms with E-state index in [1.807, 2.05) is 0 Å². The highest BCUT2D eigenvalue weighted by Gasteiger charge is 2.08. The zero-order valence-corrected chi connectivity index (χ0v) is 8.37. The number of ether oxygens (including phenoxy) is 1. The average molecular weight is 208 g/mol. The Morgan fingerprint density at radius 2 is 2.08 bits per heavy atom. The Balaban J connectivity index is 3.76. The Kier molecular flexibility index (Phi) is 5.33. The maximum atomic E-state index is 10.8. The number of carbonyl (C=O) groups is 1. The van der Waals surface area contributed by atoms with Gasteiger partial charge in [-0.1, -0.05) is 6.58 Å². The summed E-state index contributed by atoms with van der Waals surface area (Å²) in [7, 11) is -2.90. The van der Waals surface area contributed by atoms with Gasteiger partial charge < -0.3 is 4.74 Å². The van der Waals surface area contributed by atoms with Crippen molar-refractivity contribution in [1.82, 2.24) is 0 Å². The fraction of sp³-hybridized carbons (Fsp3) is 0.571. The van der Waals surface area contributed by atoms with E-state index in [1.165, 1.54) is 13.8 Å². The predicted octanol–water partition coefficient (Wildman–Crippen LogP) is 0.0372. The molecule has 0 rings (SSSR count). The van der Waals surface area contributed by atoms with Gasteiger partial charge in [-0.3, -0.25) is 4.18 Å². The third-order valence-corrected chi connectivity index (χ3v) is 1.60. The smallest absolute Gasteiger partial charge is 0.333 e. The predicted molar refractivity (Wildman–Crippen MR) is 46.6 cm³/mol. The van der Waals surface area contributed by atoms with Crippen molar-refractivity contribution in [1.29, 1.82) is 0 Å². The van der Waals surface area contributed by atoms with Gasteiger partial charge in [-0.25, -0.2) is 13.2 Å². The van der Waals surface area contributed by atoms with Gasteiger partial charge in [0, 0.05) is 5.57 Å². The van der Waals surface area contributed by atoms with E-state index in [9.17, 15) is 13.2 Å². The molecule has 0 bridgehead atoms. The van der Waals surface area contributed by atoms with Crippen LogP contribution in [0.3, 0.4) is 0 Å². The summed E-state index contributed by atoms with van der Waals surface area (Å²) in [6.45, 7) is 6.24. The molecule has 0 aromatic rings. The number of esters is 1. The van der Waals surface area contributed by atoms with Crippen LogP contribution < -0.4 is 0 Å². The van der Waals surface area contributed by atoms with Crippen LogP contribution in [0.1, 0.15) is 13.8 Å². The molecule has 1 unspecified atom stereocenters. The van der Waals surface area contributed by atoms with Crippen LogP contribution in [0.25, 0.3) is 0 Å². The molecule has 0 aliphatic carbocycles. The van der Waals surface area contributed by atoms with Crippen molar-refractivity contribution in [2.75, 3.05) is 6.61 Å². The molecule has 0 spiro atoms. The van der Waals surface area contributed by atoms with Crippen LogP contribution >= 0.6 is 0 Å². The Hall–Kier alpha value is -0.880. The van der Waals surface area contributed by atoms with Gasteiger partial charge in [-0.05, 0) is 13.8 Å². The number of carbonyl (C=O) groups excluding carboxylic acids is 1. The second kappa shape index (κ2) is 5.71. The third-order valence-electron chi connectivity index (χ3n) is 1.06. The van der Waals surface area contributed by atoms with Gasteiger partial charge in [0.25, 0.3) is 11.0 Å². The Morgan fingerprint density at radius 3 is 2.46 bits per heavy atom. The van der Waals surface area contributed by atoms with E-state index in [0.29, 0.717) is 0 Å². The molecule has 0 saturated carbocycles. The van der Waals surface area contributed by atoms with E-state index in [-0.39, 0.29) is 12.2 Å². The van der Waals surface area contributed by atoms with Gasteiger partial charge in [0.2, 0.25) is 0 Å². The minimum atomic E-state index is -2.90. The monoisotopic (exact) mass is 208 g/mol. The number of hydrogen-bond donors (Lipinski definition) is 1. The van der Waals surface area contributed by atoms with Crippen LogP contribution in [0.2, 0.25) is 0 Å². The highest BCUT2D eigenvalue weighted by molar-refractivity contribution is 7.67. The molecule has 0 aliphatic rings. The first-order chi connectivity index (χ1) is 5.93. The first-order valence-corrected chi connectivity index (χ1v) is 4.66. The van der Waals surface area contributed by atoms with E-state index in [2.05, 4.69) is 15.5 Å². The molecule has 0 aromatic carbocycles. The van der Waals surface area contributed by atoms with Gasteiger partial charge in [0.05, 0.1) is 0 Å². The summed E-state index contributed by atoms with van der Waals surface area (Å²) in [6, 6.07) is 0. The normalized spacial score (nSPS) is 12.5. The van der Waals surface area contributed by atoms with Crippen molar-refractivity contribution in [3.63, 3.8) is 0 Å². The maximum Gasteiger partial charge on any atom is 0.333 e. The SMILES string of the molecule is C=C(C)C(=O)OCC(C)O[SH](=O)=O. The largest absolute Gasteiger partial charge is 0.460 e. The minimum Gasteiger partial charge on any atom is -0.460 e. The van der Waals surface area contributed by atoms with Crippen molar-refractivity contribution in [2.24, 2.45) is 0 Å². The van der Waals surface area contributed by atoms with Crippen LogP contribution in [0.5, 0.6) is 0 Å². The van der Waals surface area contributed by atoms with E-state index in [0.717, 1.165) is 0 Å². The molecule has 0 saturated heterocycles. The van der Waals surface area contributed by atoms with Crippen LogP contribution in [0.4, 0.5) is 0 Å². The lowest BCUT2D eigenvalue weighted by Gasteiger charge is -2.08. The summed E-state index contributed by atoms with van der Waals surface area (Å²) >= 11 is 0. The summed E-state index contributed by atoms with van der Waals surface area (Å²) in [5.74, 6) is -0.559. The Labute approximate surface area is 78.5 Å². The van der Waals surface area contributed by atoms with Gasteiger partial charge in [-0.15, -0.1) is 0 Å². The summed E-state index contributed by atoms with van der Waals surface area (Å²) in [4.78, 5) is 10.8. The summed E-state index contributed by atoms with van der Waals surface area (Å²) in [5.41, 5.74) is 0.263. The van der Waals surface area contributed by atoms with Crippen molar-refractivity contribution in [3.05, 3.63) is 12.2 Å². The van der Waals surface area contributed by atoms with E-state index in [4.69, 9.17) is 0 Å². The van der Waals surface area contributed by atoms with E-state index in [1.54, 1.807) is 0 Å². The van der Waals surface area contributed by atoms with Crippen LogP contribution in [-0.2, 0) is 24.7 Å². The zero-order chi connectivity index (χ0) is 10.4. The molecule has 6 heteroatoms. The molecule has 0 amide bonds. The van der Waals surface area contributed by atoms with Gasteiger partial charge in [-0.2, -0.15) is 0 Å². The van der Waals surface area contributed by atoms with Gasteiger partial charge in [0.15, 0.2) is 0 Å². The summed E-state index contributed by atoms with van der Waals surface area (Å²) in [6.07, 6.45) is -0.663. The highest BCUT2D eigenvalue weighted by Crippen LogP contribution is 1.96. The molecular formula is C7H12O5S. The molecule has 0 fully saturated rings. The van der Waals surface area contributed by atoms with E-state index < -0.39 is 23.1 Å². The Bertz CT molecular complexity index is 260. The molecule has 1 atom stereocenters. The fourth-order valence-corrected chi connectivity index (χ4v) is 0.848. The van der Waals surface area contributed by atoms with Crippen molar-refractivity contribution < 1.29 is 22.1 Å². The van der Waals surface area contributed by atoms with Crippen LogP contribution in [0.15, 0.2) is 12.2 Å². The van der Waals surface area contributed by atoms with Gasteiger partial charge >= 0.3 is 5.97 Å². The zero-order valence-electron chi connectivity index (χ0n) is 7.48. The van der Waals surface area contributed by atoms with Crippen molar-refractivity contribution in [3.8, 4) is 0 Å². The van der Waals surface area contributed by atoms with Crippen molar-refractivity contribution >= 4 is 17.0 Å². The van der Waals surface area contributed by atoms with Gasteiger partial charge in [0.1, 0.15) is 12.7 Å². The molecule has 0 heterocycles. The molecule has 0 aliphatic heterocycles. The maximum absolute atomic E-state index is 10.8. The number of hydrogen-bond acceptors (Lipinski definition) is 5. The summed E-state index contributed by atoms with van der Waals surface area (Å²) in [5, 5.41) is 0. The fourth-order valence-electron chi connectivity index (χ4n) is 0.494. The molecule has 0 aromatic heterocycles. The summed E-state index contributed by atoms with van der Waals surface area (Å²) < 4.78 is 29.1. The quantitative estimate of drug-likeness (QED) is 0.392. The number of rotatable bonds is 5. The second-order valence-corrected chi connectivity index (χ2v) is 3.18. The van der Waals surface area contributed by atoms with Crippen LogP contribution in [-0.4, -0.2) is 27.1 Å². The first-order valence-electron chi connectivity index (χ1n) is 3.57. The average Bonchev–Trinajstić information content (AvgIpc) is 1.98. The minimum absolute atomic E-state index is 0.102. The lowest BCUT2D eigenvalue weighted by Crippen LogP contribution is -2.18. The first kappa shape index (κ1) is 12.1. The third kappa shape index (κ3) is 6.30. The lowest BCUT2D eigenvalue weighted by atomic mass is 10.3. The van der Waals surface area contributed by atoms with Crippen molar-refractivity contribution in [2.45, 2.75) is 20.0 Å². The second-order valence-electron chi connectivity index (χ2n) is 2.52. The Morgan fingerprint density at radius 1 is 1.54 bits per heavy atom. The topological polar surface area (TPSA) is 69.7 Å². The standard InChI is InChI=1S/C7H12O5S/c1-5(2)7(8)11-4-6(3)12-13(9)10/h6,13H,1,4H2,2-3H3. The van der Waals surface area contributed by atoms with Crippen LogP contribution in [0, 0.1) is 0 Å². The molecular weight excluding hydrogens is 196 g/mol. The molecule has 5 nitrogen and oxygen atoms in total. The molecule has 13 heavy (non-hydrogen) atoms. The molecule has 0 N–H and O–H groups in total. The highest BCUT2D eigenvalue weighted by atomic mass is 32.2. The molecule has 76 valence electrons.